The predicted molar refractivity (Wildman–Crippen MR) is 119 cm³/mol. The molecule has 0 radical (unpaired) electrons. The quantitative estimate of drug-likeness (QED) is 0.600. The Morgan fingerprint density at radius 2 is 2.03 bits per heavy atom. The van der Waals surface area contributed by atoms with Crippen LogP contribution in [0.4, 0.5) is 17.5 Å². The highest BCUT2D eigenvalue weighted by atomic mass is 16.2. The number of anilines is 3. The molecule has 0 spiro atoms. The van der Waals surface area contributed by atoms with Gasteiger partial charge in [-0.25, -0.2) is 9.97 Å². The van der Waals surface area contributed by atoms with E-state index in [9.17, 15) is 4.79 Å². The molecule has 5 heterocycles. The number of fused-ring (bicyclic) bond motifs is 5. The lowest BCUT2D eigenvalue weighted by Crippen LogP contribution is -2.44. The van der Waals surface area contributed by atoms with Crippen LogP contribution in [0.1, 0.15) is 42.2 Å². The molecule has 1 saturated heterocycles. The van der Waals surface area contributed by atoms with E-state index in [0.717, 1.165) is 68.6 Å². The first-order chi connectivity index (χ1) is 15.3. The maximum atomic E-state index is 12.5. The molecule has 1 saturated carbocycles. The minimum atomic E-state index is -0.0170. The lowest BCUT2D eigenvalue weighted by Gasteiger charge is -2.29. The molecule has 0 aromatic carbocycles. The van der Waals surface area contributed by atoms with E-state index in [1.165, 1.54) is 0 Å². The number of pyridine rings is 1. The van der Waals surface area contributed by atoms with Crippen LogP contribution in [-0.2, 0) is 0 Å². The fourth-order valence-electron chi connectivity index (χ4n) is 5.10. The second-order valence-electron chi connectivity index (χ2n) is 8.57. The molecule has 6 rings (SSSR count). The Balaban J connectivity index is 1.27. The van der Waals surface area contributed by atoms with Gasteiger partial charge in [0.25, 0.3) is 5.91 Å². The molecule has 3 aromatic rings. The predicted octanol–water partition coefficient (Wildman–Crippen LogP) is 2.21. The zero-order valence-corrected chi connectivity index (χ0v) is 17.3. The van der Waals surface area contributed by atoms with E-state index < -0.39 is 0 Å². The fourth-order valence-corrected chi connectivity index (χ4v) is 5.10. The summed E-state index contributed by atoms with van der Waals surface area (Å²) in [5, 5.41) is 10.7. The number of hydrogen-bond acceptors (Lipinski definition) is 7. The van der Waals surface area contributed by atoms with Crippen molar-refractivity contribution >= 4 is 34.4 Å². The Kier molecular flexibility index (Phi) is 4.48. The summed E-state index contributed by atoms with van der Waals surface area (Å²) >= 11 is 0. The largest absolute Gasteiger partial charge is 0.369 e. The number of carbonyl (C=O) groups excluding carboxylic acids is 1. The lowest BCUT2D eigenvalue weighted by atomic mass is 10.1. The molecule has 9 heteroatoms. The normalized spacial score (nSPS) is 23.2. The van der Waals surface area contributed by atoms with Crippen molar-refractivity contribution < 1.29 is 4.79 Å². The molecular weight excluding hydrogens is 392 g/mol. The Bertz CT molecular complexity index is 1120. The highest BCUT2D eigenvalue weighted by Crippen LogP contribution is 2.37. The molecule has 3 aromatic heterocycles. The number of nitrogens with zero attached hydrogens (tertiary/aromatic N) is 5. The molecule has 3 N–H and O–H groups in total. The molecule has 1 aliphatic carbocycles. The van der Waals surface area contributed by atoms with Crippen molar-refractivity contribution in [1.82, 2.24) is 30.2 Å². The molecule has 160 valence electrons. The van der Waals surface area contributed by atoms with Crippen LogP contribution in [-0.4, -0.2) is 57.6 Å². The van der Waals surface area contributed by atoms with Gasteiger partial charge in [-0.05, 0) is 50.4 Å². The number of rotatable bonds is 3. The number of nitrogens with one attached hydrogen (secondary N) is 3. The van der Waals surface area contributed by atoms with Gasteiger partial charge in [0.05, 0.1) is 24.0 Å². The molecule has 1 amide bonds. The standard InChI is InChI=1S/C22H26N8O/c31-21-18-11-14-12-25-22(28-20(14)30(18)17-4-1-3-16(17)26-21)27-19-6-5-15(13-24-19)29-9-2-7-23-8-10-29/h5-6,11-13,16-17,23H,1-4,7-10H2,(H,26,31)(H,24,25,27,28)/t16-,17-/m0/s1. The first kappa shape index (κ1) is 18.6. The molecular formula is C22H26N8O. The average Bonchev–Trinajstić information content (AvgIpc) is 3.29. The topological polar surface area (TPSA) is 100 Å². The molecule has 0 bridgehead atoms. The SMILES string of the molecule is O=C1N[C@H]2CCC[C@@H]2n2c1cc1cnc(Nc3ccc(N4CCCNCC4)cn3)nc12. The number of aromatic nitrogens is 4. The van der Waals surface area contributed by atoms with E-state index in [1.54, 1.807) is 6.20 Å². The zero-order chi connectivity index (χ0) is 20.8. The Morgan fingerprint density at radius 1 is 1.06 bits per heavy atom. The van der Waals surface area contributed by atoms with Crippen molar-refractivity contribution in [2.24, 2.45) is 0 Å². The van der Waals surface area contributed by atoms with Gasteiger partial charge < -0.3 is 25.4 Å². The summed E-state index contributed by atoms with van der Waals surface area (Å²) in [6.07, 6.45) is 8.02. The van der Waals surface area contributed by atoms with Gasteiger partial charge >= 0.3 is 0 Å². The third-order valence-electron chi connectivity index (χ3n) is 6.63. The number of amides is 1. The minimum Gasteiger partial charge on any atom is -0.369 e. The average molecular weight is 419 g/mol. The van der Waals surface area contributed by atoms with Gasteiger partial charge in [0.1, 0.15) is 17.2 Å². The summed E-state index contributed by atoms with van der Waals surface area (Å²) in [6.45, 7) is 4.09. The van der Waals surface area contributed by atoms with Crippen LogP contribution in [0.5, 0.6) is 0 Å². The highest BCUT2D eigenvalue weighted by molar-refractivity contribution is 5.99. The van der Waals surface area contributed by atoms with E-state index in [2.05, 4.69) is 41.5 Å². The first-order valence-corrected chi connectivity index (χ1v) is 11.1. The second kappa shape index (κ2) is 7.49. The Morgan fingerprint density at radius 3 is 2.94 bits per heavy atom. The zero-order valence-electron chi connectivity index (χ0n) is 17.3. The number of carbonyl (C=O) groups is 1. The van der Waals surface area contributed by atoms with Crippen LogP contribution in [0.15, 0.2) is 30.6 Å². The molecule has 31 heavy (non-hydrogen) atoms. The monoisotopic (exact) mass is 418 g/mol. The summed E-state index contributed by atoms with van der Waals surface area (Å²) in [5.41, 5.74) is 2.62. The molecule has 2 atom stereocenters. The van der Waals surface area contributed by atoms with Gasteiger partial charge in [-0.2, -0.15) is 4.98 Å². The summed E-state index contributed by atoms with van der Waals surface area (Å²) in [7, 11) is 0. The van der Waals surface area contributed by atoms with E-state index in [1.807, 2.05) is 18.3 Å². The van der Waals surface area contributed by atoms with Gasteiger partial charge in [-0.15, -0.1) is 0 Å². The van der Waals surface area contributed by atoms with Crippen LogP contribution in [0, 0.1) is 0 Å². The van der Waals surface area contributed by atoms with E-state index >= 15 is 0 Å². The van der Waals surface area contributed by atoms with Crippen molar-refractivity contribution in [3.8, 4) is 0 Å². The van der Waals surface area contributed by atoms with Crippen molar-refractivity contribution in [2.75, 3.05) is 36.4 Å². The maximum Gasteiger partial charge on any atom is 0.268 e. The first-order valence-electron chi connectivity index (χ1n) is 11.1. The summed E-state index contributed by atoms with van der Waals surface area (Å²) in [4.78, 5) is 28.7. The second-order valence-corrected chi connectivity index (χ2v) is 8.57. The van der Waals surface area contributed by atoms with E-state index in [4.69, 9.17) is 4.98 Å². The molecule has 2 fully saturated rings. The summed E-state index contributed by atoms with van der Waals surface area (Å²) in [6, 6.07) is 6.42. The van der Waals surface area contributed by atoms with Gasteiger partial charge in [0.15, 0.2) is 0 Å². The van der Waals surface area contributed by atoms with Gasteiger partial charge in [0.2, 0.25) is 5.95 Å². The van der Waals surface area contributed by atoms with E-state index in [-0.39, 0.29) is 18.0 Å². The van der Waals surface area contributed by atoms with E-state index in [0.29, 0.717) is 17.5 Å². The van der Waals surface area contributed by atoms with Crippen LogP contribution < -0.4 is 20.9 Å². The molecule has 0 unspecified atom stereocenters. The van der Waals surface area contributed by atoms with Crippen molar-refractivity contribution in [2.45, 2.75) is 37.8 Å². The minimum absolute atomic E-state index is 0.0170. The van der Waals surface area contributed by atoms with Crippen LogP contribution in [0.2, 0.25) is 0 Å². The van der Waals surface area contributed by atoms with Crippen molar-refractivity contribution in [3.05, 3.63) is 36.3 Å². The summed E-state index contributed by atoms with van der Waals surface area (Å²) in [5.74, 6) is 1.18. The van der Waals surface area contributed by atoms with Crippen molar-refractivity contribution in [3.63, 3.8) is 0 Å². The molecule has 2 aliphatic heterocycles. The Hall–Kier alpha value is -3.20. The maximum absolute atomic E-state index is 12.5. The third-order valence-corrected chi connectivity index (χ3v) is 6.63. The Labute approximate surface area is 180 Å². The van der Waals surface area contributed by atoms with Crippen LogP contribution in [0.3, 0.4) is 0 Å². The smallest absolute Gasteiger partial charge is 0.268 e. The third kappa shape index (κ3) is 3.29. The van der Waals surface area contributed by atoms with Crippen LogP contribution in [0.25, 0.3) is 11.0 Å². The van der Waals surface area contributed by atoms with Gasteiger partial charge in [0, 0.05) is 31.2 Å². The van der Waals surface area contributed by atoms with Crippen LogP contribution >= 0.6 is 0 Å². The lowest BCUT2D eigenvalue weighted by molar-refractivity contribution is 0.0891. The highest BCUT2D eigenvalue weighted by Gasteiger charge is 2.38. The van der Waals surface area contributed by atoms with Gasteiger partial charge in [-0.1, -0.05) is 0 Å². The van der Waals surface area contributed by atoms with Crippen molar-refractivity contribution in [1.29, 1.82) is 0 Å². The molecule has 3 aliphatic rings. The molecule has 9 nitrogen and oxygen atoms in total. The van der Waals surface area contributed by atoms with Gasteiger partial charge in [-0.3, -0.25) is 4.79 Å². The summed E-state index contributed by atoms with van der Waals surface area (Å²) < 4.78 is 2.11. The number of hydrogen-bond donors (Lipinski definition) is 3. The fraction of sp³-hybridized carbons (Fsp3) is 0.455.